The van der Waals surface area contributed by atoms with Crippen molar-refractivity contribution in [2.75, 3.05) is 18.6 Å². The quantitative estimate of drug-likeness (QED) is 0.818. The summed E-state index contributed by atoms with van der Waals surface area (Å²) < 4.78 is 5.23. The van der Waals surface area contributed by atoms with Gasteiger partial charge in [-0.3, -0.25) is 0 Å². The zero-order valence-electron chi connectivity index (χ0n) is 11.3. The molecule has 0 unspecified atom stereocenters. The van der Waals surface area contributed by atoms with Crippen molar-refractivity contribution in [3.05, 3.63) is 60.2 Å². The third-order valence-electron chi connectivity index (χ3n) is 3.84. The third kappa shape index (κ3) is 2.43. The number of para-hydroxylation sites is 1. The summed E-state index contributed by atoms with van der Waals surface area (Å²) in [6, 6.07) is 19.7. The van der Waals surface area contributed by atoms with Crippen LogP contribution in [-0.4, -0.2) is 13.7 Å². The van der Waals surface area contributed by atoms with Crippen LogP contribution >= 0.6 is 0 Å². The Morgan fingerprint density at radius 2 is 1.74 bits per heavy atom. The molecule has 3 rings (SSSR count). The fourth-order valence-corrected chi connectivity index (χ4v) is 2.87. The summed E-state index contributed by atoms with van der Waals surface area (Å²) in [6.45, 7) is 1.14. The van der Waals surface area contributed by atoms with Crippen LogP contribution in [0.25, 0.3) is 0 Å². The van der Waals surface area contributed by atoms with E-state index in [1.807, 2.05) is 0 Å². The number of rotatable bonds is 3. The van der Waals surface area contributed by atoms with E-state index in [4.69, 9.17) is 4.74 Å². The van der Waals surface area contributed by atoms with Crippen molar-refractivity contribution < 1.29 is 4.74 Å². The van der Waals surface area contributed by atoms with Crippen LogP contribution in [0.15, 0.2) is 54.6 Å². The Hall–Kier alpha value is -1.96. The SMILES string of the molecule is COc1ccc([C@H]2CCCN2c2ccccc2)cc1. The molecule has 0 bridgehead atoms. The van der Waals surface area contributed by atoms with E-state index < -0.39 is 0 Å². The number of benzene rings is 2. The van der Waals surface area contributed by atoms with Crippen LogP contribution in [-0.2, 0) is 0 Å². The molecule has 0 aromatic heterocycles. The van der Waals surface area contributed by atoms with Crippen LogP contribution in [0.1, 0.15) is 24.4 Å². The summed E-state index contributed by atoms with van der Waals surface area (Å²) in [5.74, 6) is 0.924. The monoisotopic (exact) mass is 253 g/mol. The molecule has 0 spiro atoms. The first-order chi connectivity index (χ1) is 9.38. The molecule has 1 fully saturated rings. The summed E-state index contributed by atoms with van der Waals surface area (Å²) in [4.78, 5) is 2.50. The van der Waals surface area contributed by atoms with Gasteiger partial charge in [0.15, 0.2) is 0 Å². The topological polar surface area (TPSA) is 12.5 Å². The zero-order chi connectivity index (χ0) is 13.1. The van der Waals surface area contributed by atoms with Crippen molar-refractivity contribution >= 4 is 5.69 Å². The molecule has 19 heavy (non-hydrogen) atoms. The van der Waals surface area contributed by atoms with Gasteiger partial charge in [0.25, 0.3) is 0 Å². The van der Waals surface area contributed by atoms with Gasteiger partial charge in [-0.15, -0.1) is 0 Å². The Bertz CT molecular complexity index is 521. The van der Waals surface area contributed by atoms with Crippen molar-refractivity contribution in [2.45, 2.75) is 18.9 Å². The predicted octanol–water partition coefficient (Wildman–Crippen LogP) is 4.04. The van der Waals surface area contributed by atoms with Gasteiger partial charge in [-0.05, 0) is 42.7 Å². The molecule has 1 aliphatic rings. The summed E-state index contributed by atoms with van der Waals surface area (Å²) in [5, 5.41) is 0. The average molecular weight is 253 g/mol. The van der Waals surface area contributed by atoms with Gasteiger partial charge in [0, 0.05) is 12.2 Å². The van der Waals surface area contributed by atoms with Crippen molar-refractivity contribution in [3.63, 3.8) is 0 Å². The summed E-state index contributed by atoms with van der Waals surface area (Å²) in [6.07, 6.45) is 2.48. The van der Waals surface area contributed by atoms with Crippen LogP contribution in [0.3, 0.4) is 0 Å². The minimum atomic E-state index is 0.494. The number of hydrogen-bond donors (Lipinski definition) is 0. The molecule has 0 radical (unpaired) electrons. The van der Waals surface area contributed by atoms with Gasteiger partial charge in [-0.25, -0.2) is 0 Å². The number of nitrogens with zero attached hydrogens (tertiary/aromatic N) is 1. The van der Waals surface area contributed by atoms with Crippen molar-refractivity contribution in [1.82, 2.24) is 0 Å². The smallest absolute Gasteiger partial charge is 0.118 e. The average Bonchev–Trinajstić information content (AvgIpc) is 2.98. The van der Waals surface area contributed by atoms with E-state index in [2.05, 4.69) is 59.5 Å². The predicted molar refractivity (Wildman–Crippen MR) is 78.8 cm³/mol. The second-order valence-electron chi connectivity index (χ2n) is 4.96. The molecular weight excluding hydrogens is 234 g/mol. The summed E-state index contributed by atoms with van der Waals surface area (Å²) in [7, 11) is 1.71. The number of ether oxygens (including phenoxy) is 1. The molecule has 0 N–H and O–H groups in total. The molecule has 1 heterocycles. The highest BCUT2D eigenvalue weighted by molar-refractivity contribution is 5.50. The van der Waals surface area contributed by atoms with Crippen LogP contribution in [0, 0.1) is 0 Å². The molecule has 1 atom stereocenters. The number of hydrogen-bond acceptors (Lipinski definition) is 2. The molecule has 0 aliphatic carbocycles. The van der Waals surface area contributed by atoms with Crippen molar-refractivity contribution in [3.8, 4) is 5.75 Å². The van der Waals surface area contributed by atoms with Gasteiger partial charge in [-0.2, -0.15) is 0 Å². The van der Waals surface area contributed by atoms with Gasteiger partial charge in [0.05, 0.1) is 13.2 Å². The van der Waals surface area contributed by atoms with Crippen LogP contribution in [0.2, 0.25) is 0 Å². The van der Waals surface area contributed by atoms with Crippen LogP contribution in [0.5, 0.6) is 5.75 Å². The first-order valence-electron chi connectivity index (χ1n) is 6.84. The van der Waals surface area contributed by atoms with E-state index >= 15 is 0 Å². The molecule has 0 saturated carbocycles. The maximum atomic E-state index is 5.23. The highest BCUT2D eigenvalue weighted by atomic mass is 16.5. The molecule has 0 amide bonds. The highest BCUT2D eigenvalue weighted by Crippen LogP contribution is 2.36. The lowest BCUT2D eigenvalue weighted by molar-refractivity contribution is 0.414. The lowest BCUT2D eigenvalue weighted by atomic mass is 10.0. The van der Waals surface area contributed by atoms with Crippen LogP contribution in [0.4, 0.5) is 5.69 Å². The van der Waals surface area contributed by atoms with E-state index in [0.29, 0.717) is 6.04 Å². The van der Waals surface area contributed by atoms with E-state index in [-0.39, 0.29) is 0 Å². The van der Waals surface area contributed by atoms with E-state index in [1.165, 1.54) is 24.1 Å². The van der Waals surface area contributed by atoms with Gasteiger partial charge < -0.3 is 9.64 Å². The van der Waals surface area contributed by atoms with E-state index in [9.17, 15) is 0 Å². The third-order valence-corrected chi connectivity index (χ3v) is 3.84. The number of anilines is 1. The molecule has 1 saturated heterocycles. The Balaban J connectivity index is 1.86. The molecule has 2 aromatic rings. The van der Waals surface area contributed by atoms with Crippen molar-refractivity contribution in [2.24, 2.45) is 0 Å². The molecule has 1 aliphatic heterocycles. The lowest BCUT2D eigenvalue weighted by Crippen LogP contribution is -2.22. The molecule has 2 nitrogen and oxygen atoms in total. The second kappa shape index (κ2) is 5.35. The van der Waals surface area contributed by atoms with Gasteiger partial charge >= 0.3 is 0 Å². The Morgan fingerprint density at radius 1 is 1.00 bits per heavy atom. The van der Waals surface area contributed by atoms with Crippen LogP contribution < -0.4 is 9.64 Å². The first kappa shape index (κ1) is 12.1. The first-order valence-corrected chi connectivity index (χ1v) is 6.84. The molecule has 2 heteroatoms. The van der Waals surface area contributed by atoms with Crippen molar-refractivity contribution in [1.29, 1.82) is 0 Å². The maximum absolute atomic E-state index is 5.23. The standard InChI is InChI=1S/C17H19NO/c1-19-16-11-9-14(10-12-16)17-8-5-13-18(17)15-6-3-2-4-7-15/h2-4,6-7,9-12,17H,5,8,13H2,1H3/t17-/m1/s1. The molecular formula is C17H19NO. The van der Waals surface area contributed by atoms with Gasteiger partial charge in [-0.1, -0.05) is 30.3 Å². The largest absolute Gasteiger partial charge is 0.497 e. The zero-order valence-corrected chi connectivity index (χ0v) is 11.3. The Morgan fingerprint density at radius 3 is 2.42 bits per heavy atom. The molecule has 98 valence electrons. The second-order valence-corrected chi connectivity index (χ2v) is 4.96. The van der Waals surface area contributed by atoms with Gasteiger partial charge in [0.1, 0.15) is 5.75 Å². The summed E-state index contributed by atoms with van der Waals surface area (Å²) in [5.41, 5.74) is 2.70. The minimum Gasteiger partial charge on any atom is -0.497 e. The minimum absolute atomic E-state index is 0.494. The fourth-order valence-electron chi connectivity index (χ4n) is 2.87. The maximum Gasteiger partial charge on any atom is 0.118 e. The Labute approximate surface area is 114 Å². The normalized spacial score (nSPS) is 18.6. The molecule has 2 aromatic carbocycles. The van der Waals surface area contributed by atoms with Gasteiger partial charge in [0.2, 0.25) is 0 Å². The lowest BCUT2D eigenvalue weighted by Gasteiger charge is -2.27. The Kier molecular flexibility index (Phi) is 3.41. The highest BCUT2D eigenvalue weighted by Gasteiger charge is 2.25. The fraction of sp³-hybridized carbons (Fsp3) is 0.294. The van der Waals surface area contributed by atoms with E-state index in [0.717, 1.165) is 12.3 Å². The summed E-state index contributed by atoms with van der Waals surface area (Å²) >= 11 is 0. The number of methoxy groups -OCH3 is 1. The van der Waals surface area contributed by atoms with E-state index in [1.54, 1.807) is 7.11 Å².